The summed E-state index contributed by atoms with van der Waals surface area (Å²) in [6.45, 7) is -0.143. The molecule has 1 aromatic heterocycles. The molecular formula is C12H9Cl2N3O2. The van der Waals surface area contributed by atoms with Gasteiger partial charge in [-0.05, 0) is 12.1 Å². The molecule has 5 nitrogen and oxygen atoms in total. The summed E-state index contributed by atoms with van der Waals surface area (Å²) in [7, 11) is 0. The van der Waals surface area contributed by atoms with Crippen LogP contribution in [0.3, 0.4) is 0 Å². The highest BCUT2D eigenvalue weighted by Crippen LogP contribution is 2.29. The van der Waals surface area contributed by atoms with Gasteiger partial charge in [0.15, 0.2) is 0 Å². The van der Waals surface area contributed by atoms with E-state index in [4.69, 9.17) is 23.2 Å². The van der Waals surface area contributed by atoms with Crippen LogP contribution in [0.4, 0.5) is 5.69 Å². The average molecular weight is 298 g/mol. The summed E-state index contributed by atoms with van der Waals surface area (Å²) in [6, 6.07) is 6.18. The largest absolute Gasteiger partial charge is 0.323 e. The average Bonchev–Trinajstić information content (AvgIpc) is 2.38. The molecule has 1 N–H and O–H groups in total. The number of anilines is 1. The third-order valence-corrected chi connectivity index (χ3v) is 3.15. The number of aromatic nitrogens is 2. The van der Waals surface area contributed by atoms with E-state index in [1.807, 2.05) is 0 Å². The van der Waals surface area contributed by atoms with Gasteiger partial charge in [-0.2, -0.15) is 0 Å². The molecule has 7 heteroatoms. The lowest BCUT2D eigenvalue weighted by Crippen LogP contribution is -2.27. The zero-order valence-electron chi connectivity index (χ0n) is 9.64. The molecule has 0 saturated carbocycles. The minimum absolute atomic E-state index is 0.143. The number of carbonyl (C=O) groups is 1. The molecule has 0 bridgehead atoms. The molecule has 1 heterocycles. The van der Waals surface area contributed by atoms with Crippen molar-refractivity contribution in [2.45, 2.75) is 6.54 Å². The third-order valence-electron chi connectivity index (χ3n) is 2.33. The standard InChI is InChI=1S/C12H9Cl2N3O2/c13-8-2-1-3-9(12(8)14)16-10(18)6-17-7-15-5-4-11(17)19/h1-5,7H,6H2,(H,16,18). The Kier molecular flexibility index (Phi) is 4.19. The van der Waals surface area contributed by atoms with Crippen molar-refractivity contribution in [3.63, 3.8) is 0 Å². The molecule has 0 saturated heterocycles. The Bertz CT molecular complexity index is 670. The lowest BCUT2D eigenvalue weighted by atomic mass is 10.3. The maximum Gasteiger partial charge on any atom is 0.253 e. The van der Waals surface area contributed by atoms with Crippen LogP contribution >= 0.6 is 23.2 Å². The van der Waals surface area contributed by atoms with Crippen molar-refractivity contribution in [2.24, 2.45) is 0 Å². The van der Waals surface area contributed by atoms with Crippen LogP contribution < -0.4 is 10.9 Å². The first kappa shape index (κ1) is 13.6. The van der Waals surface area contributed by atoms with E-state index >= 15 is 0 Å². The Morgan fingerprint density at radius 3 is 2.84 bits per heavy atom. The summed E-state index contributed by atoms with van der Waals surface area (Å²) in [5, 5.41) is 3.19. The van der Waals surface area contributed by atoms with Crippen LogP contribution in [0, 0.1) is 0 Å². The number of nitrogens with zero attached hydrogens (tertiary/aromatic N) is 2. The van der Waals surface area contributed by atoms with E-state index in [2.05, 4.69) is 10.3 Å². The number of nitrogens with one attached hydrogen (secondary N) is 1. The van der Waals surface area contributed by atoms with Crippen LogP contribution in [-0.4, -0.2) is 15.5 Å². The predicted octanol–water partition coefficient (Wildman–Crippen LogP) is 2.19. The van der Waals surface area contributed by atoms with E-state index < -0.39 is 0 Å². The Morgan fingerprint density at radius 1 is 1.32 bits per heavy atom. The Hall–Kier alpha value is -1.85. The molecular weight excluding hydrogens is 289 g/mol. The molecule has 1 aromatic carbocycles. The quantitative estimate of drug-likeness (QED) is 0.944. The molecule has 0 aliphatic carbocycles. The predicted molar refractivity (Wildman–Crippen MR) is 73.6 cm³/mol. The summed E-state index contributed by atoms with van der Waals surface area (Å²) in [5.74, 6) is -0.390. The smallest absolute Gasteiger partial charge is 0.253 e. The van der Waals surface area contributed by atoms with Gasteiger partial charge in [0.1, 0.15) is 6.54 Å². The van der Waals surface area contributed by atoms with Crippen molar-refractivity contribution in [3.05, 3.63) is 57.2 Å². The maximum absolute atomic E-state index is 11.8. The van der Waals surface area contributed by atoms with E-state index in [0.29, 0.717) is 10.7 Å². The number of hydrogen-bond acceptors (Lipinski definition) is 3. The maximum atomic E-state index is 11.8. The van der Waals surface area contributed by atoms with Gasteiger partial charge in [-0.1, -0.05) is 29.3 Å². The van der Waals surface area contributed by atoms with E-state index in [0.717, 1.165) is 0 Å². The lowest BCUT2D eigenvalue weighted by molar-refractivity contribution is -0.116. The second-order valence-electron chi connectivity index (χ2n) is 3.70. The number of benzene rings is 1. The zero-order chi connectivity index (χ0) is 13.8. The van der Waals surface area contributed by atoms with Crippen molar-refractivity contribution in [2.75, 3.05) is 5.32 Å². The third kappa shape index (κ3) is 3.33. The van der Waals surface area contributed by atoms with Gasteiger partial charge in [0.2, 0.25) is 5.91 Å². The highest BCUT2D eigenvalue weighted by molar-refractivity contribution is 6.43. The van der Waals surface area contributed by atoms with Crippen LogP contribution in [-0.2, 0) is 11.3 Å². The van der Waals surface area contributed by atoms with E-state index in [-0.39, 0.29) is 23.0 Å². The van der Waals surface area contributed by atoms with E-state index in [1.165, 1.54) is 23.2 Å². The zero-order valence-corrected chi connectivity index (χ0v) is 11.1. The molecule has 0 radical (unpaired) electrons. The van der Waals surface area contributed by atoms with Gasteiger partial charge in [-0.15, -0.1) is 0 Å². The number of halogens is 2. The first-order chi connectivity index (χ1) is 9.08. The van der Waals surface area contributed by atoms with Crippen molar-refractivity contribution in [1.29, 1.82) is 0 Å². The summed E-state index contributed by atoms with van der Waals surface area (Å²) >= 11 is 11.8. The van der Waals surface area contributed by atoms with E-state index in [1.54, 1.807) is 18.2 Å². The molecule has 0 atom stereocenters. The molecule has 0 unspecified atom stereocenters. The number of amides is 1. The van der Waals surface area contributed by atoms with Crippen molar-refractivity contribution < 1.29 is 4.79 Å². The van der Waals surface area contributed by atoms with Gasteiger partial charge in [0.05, 0.1) is 22.1 Å². The van der Waals surface area contributed by atoms with Gasteiger partial charge in [-0.3, -0.25) is 14.2 Å². The molecule has 0 spiro atoms. The topological polar surface area (TPSA) is 64.0 Å². The van der Waals surface area contributed by atoms with Gasteiger partial charge < -0.3 is 5.32 Å². The molecule has 1 amide bonds. The van der Waals surface area contributed by atoms with Gasteiger partial charge in [0, 0.05) is 12.3 Å². The minimum atomic E-state index is -0.390. The van der Waals surface area contributed by atoms with Gasteiger partial charge in [0.25, 0.3) is 5.56 Å². The van der Waals surface area contributed by atoms with Crippen LogP contribution in [0.15, 0.2) is 41.6 Å². The second-order valence-corrected chi connectivity index (χ2v) is 4.48. The molecule has 19 heavy (non-hydrogen) atoms. The fraction of sp³-hybridized carbons (Fsp3) is 0.0833. The van der Waals surface area contributed by atoms with Crippen molar-refractivity contribution >= 4 is 34.8 Å². The van der Waals surface area contributed by atoms with Crippen molar-refractivity contribution in [3.8, 4) is 0 Å². The Morgan fingerprint density at radius 2 is 2.11 bits per heavy atom. The monoisotopic (exact) mass is 297 g/mol. The molecule has 2 rings (SSSR count). The fourth-order valence-corrected chi connectivity index (χ4v) is 1.79. The minimum Gasteiger partial charge on any atom is -0.323 e. The first-order valence-corrected chi connectivity index (χ1v) is 6.08. The van der Waals surface area contributed by atoms with E-state index in [9.17, 15) is 9.59 Å². The summed E-state index contributed by atoms with van der Waals surface area (Å²) in [5.41, 5.74) is 0.0958. The number of rotatable bonds is 3. The summed E-state index contributed by atoms with van der Waals surface area (Å²) in [4.78, 5) is 27.0. The molecule has 0 aliphatic rings. The summed E-state index contributed by atoms with van der Waals surface area (Å²) in [6.07, 6.45) is 2.66. The summed E-state index contributed by atoms with van der Waals surface area (Å²) < 4.78 is 1.19. The normalized spacial score (nSPS) is 10.2. The molecule has 2 aromatic rings. The van der Waals surface area contributed by atoms with Crippen LogP contribution in [0.5, 0.6) is 0 Å². The first-order valence-electron chi connectivity index (χ1n) is 5.32. The SMILES string of the molecule is O=C(Cn1cnccc1=O)Nc1cccc(Cl)c1Cl. The lowest BCUT2D eigenvalue weighted by Gasteiger charge is -2.08. The Labute approximate surface area is 118 Å². The fourth-order valence-electron chi connectivity index (χ4n) is 1.44. The second kappa shape index (κ2) is 5.86. The van der Waals surface area contributed by atoms with Crippen LogP contribution in [0.2, 0.25) is 10.0 Å². The van der Waals surface area contributed by atoms with Crippen LogP contribution in [0.1, 0.15) is 0 Å². The Balaban J connectivity index is 2.12. The van der Waals surface area contributed by atoms with Crippen LogP contribution in [0.25, 0.3) is 0 Å². The van der Waals surface area contributed by atoms with Crippen molar-refractivity contribution in [1.82, 2.24) is 9.55 Å². The van der Waals surface area contributed by atoms with Gasteiger partial charge >= 0.3 is 0 Å². The molecule has 98 valence electrons. The highest BCUT2D eigenvalue weighted by atomic mass is 35.5. The highest BCUT2D eigenvalue weighted by Gasteiger charge is 2.09. The molecule has 0 aliphatic heterocycles. The molecule has 0 fully saturated rings. The number of carbonyl (C=O) groups excluding carboxylic acids is 1. The number of hydrogen-bond donors (Lipinski definition) is 1. The van der Waals surface area contributed by atoms with Gasteiger partial charge in [-0.25, -0.2) is 4.98 Å².